The molecule has 3 nitrogen and oxygen atoms in total. The summed E-state index contributed by atoms with van der Waals surface area (Å²) in [5.41, 5.74) is -1.87. The van der Waals surface area contributed by atoms with Crippen LogP contribution in [0.15, 0.2) is 0 Å². The summed E-state index contributed by atoms with van der Waals surface area (Å²) in [4.78, 5) is 0. The van der Waals surface area contributed by atoms with Crippen molar-refractivity contribution in [3.63, 3.8) is 0 Å². The van der Waals surface area contributed by atoms with Gasteiger partial charge in [-0.05, 0) is 19.3 Å². The van der Waals surface area contributed by atoms with Crippen LogP contribution in [0.4, 0.5) is 4.39 Å². The maximum Gasteiger partial charge on any atom is 1.00 e. The summed E-state index contributed by atoms with van der Waals surface area (Å²) in [6, 6.07) is 0. The molecule has 0 amide bonds. The van der Waals surface area contributed by atoms with Crippen molar-refractivity contribution in [2.24, 2.45) is 0 Å². The van der Waals surface area contributed by atoms with E-state index in [0.29, 0.717) is 12.8 Å². The van der Waals surface area contributed by atoms with Crippen molar-refractivity contribution in [1.82, 2.24) is 0 Å². The largest absolute Gasteiger partial charge is 1.00 e. The number of halogens is 1. The third-order valence-corrected chi connectivity index (χ3v) is 8.20. The van der Waals surface area contributed by atoms with Crippen molar-refractivity contribution in [1.29, 1.82) is 0 Å². The Morgan fingerprint density at radius 1 is 0.543 bits per heavy atom. The monoisotopic (exact) mass is 530 g/mol. The quantitative estimate of drug-likeness (QED) is 0.0596. The summed E-state index contributed by atoms with van der Waals surface area (Å²) < 4.78 is 42.8. The summed E-state index contributed by atoms with van der Waals surface area (Å²) in [6.07, 6.45) is 29.2. The SMILES string of the molecule is CCCCCCCCCCCCCCCCCCOS(=O)(=O)C(F)CCCCCCCCCC.[H-].[Na+]. The Kier molecular flexibility index (Phi) is 31.9. The van der Waals surface area contributed by atoms with Crippen LogP contribution in [-0.2, 0) is 14.3 Å². The van der Waals surface area contributed by atoms with E-state index in [9.17, 15) is 12.8 Å². The molecule has 0 aromatic rings. The van der Waals surface area contributed by atoms with Crippen molar-refractivity contribution in [2.75, 3.05) is 6.61 Å². The second-order valence-electron chi connectivity index (χ2n) is 10.3. The van der Waals surface area contributed by atoms with Crippen molar-refractivity contribution >= 4 is 10.1 Å². The van der Waals surface area contributed by atoms with E-state index in [1.54, 1.807) is 0 Å². The zero-order valence-corrected chi connectivity index (χ0v) is 26.8. The van der Waals surface area contributed by atoms with Gasteiger partial charge in [0.25, 0.3) is 10.1 Å². The standard InChI is InChI=1S/C29H59FO3S.Na.H/c1-3-5-7-9-11-13-14-15-16-17-18-19-20-22-24-26-28-33-34(31,32)29(30)27-25-23-21-12-10-8-6-4-2;;/h29H,3-28H2,1-2H3;;/q;+1;-1. The maximum absolute atomic E-state index is 14.1. The Balaban J connectivity index is -0.00000544. The molecule has 0 heterocycles. The average molecular weight is 531 g/mol. The van der Waals surface area contributed by atoms with E-state index in [4.69, 9.17) is 4.18 Å². The van der Waals surface area contributed by atoms with Gasteiger partial charge in [0.2, 0.25) is 5.50 Å². The minimum Gasteiger partial charge on any atom is -1.00 e. The van der Waals surface area contributed by atoms with E-state index in [2.05, 4.69) is 13.8 Å². The third-order valence-electron chi connectivity index (χ3n) is 6.84. The summed E-state index contributed by atoms with van der Waals surface area (Å²) in [6.45, 7) is 4.59. The molecule has 1 unspecified atom stereocenters. The molecule has 0 aromatic carbocycles. The molecule has 35 heavy (non-hydrogen) atoms. The minimum atomic E-state index is -4.05. The molecule has 0 saturated heterocycles. The van der Waals surface area contributed by atoms with Crippen molar-refractivity contribution < 1.29 is 48.0 Å². The van der Waals surface area contributed by atoms with Gasteiger partial charge in [-0.15, -0.1) is 0 Å². The minimum absolute atomic E-state index is 0. The zero-order chi connectivity index (χ0) is 25.2. The molecule has 0 rings (SSSR count). The van der Waals surface area contributed by atoms with E-state index < -0.39 is 15.6 Å². The van der Waals surface area contributed by atoms with Gasteiger partial charge in [-0.3, -0.25) is 4.18 Å². The number of alkyl halides is 1. The fourth-order valence-corrected chi connectivity index (χ4v) is 5.44. The van der Waals surface area contributed by atoms with E-state index in [1.807, 2.05) is 0 Å². The molecule has 0 radical (unpaired) electrons. The van der Waals surface area contributed by atoms with Gasteiger partial charge >= 0.3 is 29.6 Å². The molecule has 0 aliphatic rings. The van der Waals surface area contributed by atoms with E-state index in [1.165, 1.54) is 116 Å². The Bertz CT molecular complexity index is 509. The maximum atomic E-state index is 14.1. The average Bonchev–Trinajstić information content (AvgIpc) is 2.82. The molecule has 1 atom stereocenters. The molecular weight excluding hydrogens is 470 g/mol. The number of unbranched alkanes of at least 4 members (excludes halogenated alkanes) is 22. The predicted octanol–water partition coefficient (Wildman–Crippen LogP) is 7.54. The summed E-state index contributed by atoms with van der Waals surface area (Å²) in [5, 5.41) is 0. The van der Waals surface area contributed by atoms with Crippen molar-refractivity contribution in [2.45, 2.75) is 180 Å². The van der Waals surface area contributed by atoms with E-state index in [-0.39, 0.29) is 44.0 Å². The zero-order valence-electron chi connectivity index (χ0n) is 25.0. The van der Waals surface area contributed by atoms with Gasteiger partial charge < -0.3 is 1.43 Å². The fourth-order valence-electron chi connectivity index (χ4n) is 4.48. The van der Waals surface area contributed by atoms with Crippen LogP contribution >= 0.6 is 0 Å². The van der Waals surface area contributed by atoms with E-state index in [0.717, 1.165) is 25.7 Å². The Morgan fingerprint density at radius 2 is 0.829 bits per heavy atom. The second-order valence-corrected chi connectivity index (χ2v) is 12.0. The van der Waals surface area contributed by atoms with Crippen LogP contribution in [0.25, 0.3) is 0 Å². The molecule has 0 aliphatic carbocycles. The van der Waals surface area contributed by atoms with Gasteiger partial charge in [-0.2, -0.15) is 8.42 Å². The van der Waals surface area contributed by atoms with Gasteiger partial charge in [-0.25, -0.2) is 4.39 Å². The van der Waals surface area contributed by atoms with Crippen LogP contribution < -0.4 is 29.6 Å². The molecule has 0 aromatic heterocycles. The van der Waals surface area contributed by atoms with Crippen LogP contribution in [0.3, 0.4) is 0 Å². The van der Waals surface area contributed by atoms with Crippen LogP contribution in [-0.4, -0.2) is 20.5 Å². The second kappa shape index (κ2) is 29.4. The van der Waals surface area contributed by atoms with Gasteiger partial charge in [0.1, 0.15) is 0 Å². The molecular formula is C29H60FNaO3S. The number of rotatable bonds is 28. The topological polar surface area (TPSA) is 43.4 Å². The van der Waals surface area contributed by atoms with Crippen LogP contribution in [0, 0.1) is 0 Å². The number of hydrogen-bond donors (Lipinski definition) is 0. The summed E-state index contributed by atoms with van der Waals surface area (Å²) >= 11 is 0. The Labute approximate surface area is 243 Å². The predicted molar refractivity (Wildman–Crippen MR) is 148 cm³/mol. The molecule has 0 N–H and O–H groups in total. The first-order chi connectivity index (χ1) is 16.5. The normalized spacial score (nSPS) is 12.5. The van der Waals surface area contributed by atoms with Gasteiger partial charge in [0.05, 0.1) is 6.61 Å². The van der Waals surface area contributed by atoms with Gasteiger partial charge in [-0.1, -0.05) is 155 Å². The molecule has 208 valence electrons. The van der Waals surface area contributed by atoms with Crippen LogP contribution in [0.2, 0.25) is 0 Å². The smallest absolute Gasteiger partial charge is 1.00 e. The molecule has 0 aliphatic heterocycles. The first kappa shape index (κ1) is 38.0. The Morgan fingerprint density at radius 3 is 1.17 bits per heavy atom. The van der Waals surface area contributed by atoms with Crippen LogP contribution in [0.1, 0.15) is 176 Å². The summed E-state index contributed by atoms with van der Waals surface area (Å²) in [7, 11) is -4.05. The molecule has 0 saturated carbocycles. The van der Waals surface area contributed by atoms with E-state index >= 15 is 0 Å². The summed E-state index contributed by atoms with van der Waals surface area (Å²) in [5.74, 6) is 0. The molecule has 0 fully saturated rings. The fraction of sp³-hybridized carbons (Fsp3) is 1.00. The molecule has 0 spiro atoms. The van der Waals surface area contributed by atoms with Crippen LogP contribution in [0.5, 0.6) is 0 Å². The molecule has 0 bridgehead atoms. The number of hydrogen-bond acceptors (Lipinski definition) is 3. The Hall–Kier alpha value is 0.840. The van der Waals surface area contributed by atoms with Crippen molar-refractivity contribution in [3.8, 4) is 0 Å². The third kappa shape index (κ3) is 27.7. The first-order valence-electron chi connectivity index (χ1n) is 15.1. The first-order valence-corrected chi connectivity index (χ1v) is 16.5. The molecule has 6 heteroatoms. The van der Waals surface area contributed by atoms with Crippen molar-refractivity contribution in [3.05, 3.63) is 0 Å². The van der Waals surface area contributed by atoms with Gasteiger partial charge in [0.15, 0.2) is 0 Å². The van der Waals surface area contributed by atoms with Gasteiger partial charge in [0, 0.05) is 0 Å².